The van der Waals surface area contributed by atoms with Crippen molar-refractivity contribution in [2.45, 2.75) is 91.3 Å². The van der Waals surface area contributed by atoms with Gasteiger partial charge in [0, 0.05) is 48.4 Å². The molecule has 4 fully saturated rings. The molecule has 4 saturated heterocycles. The van der Waals surface area contributed by atoms with Gasteiger partial charge in [-0.15, -0.1) is 0 Å². The fourth-order valence-corrected chi connectivity index (χ4v) is 10.5. The highest BCUT2D eigenvalue weighted by Crippen LogP contribution is 2.49. The van der Waals surface area contributed by atoms with Crippen molar-refractivity contribution in [3.05, 3.63) is 72.4 Å². The second kappa shape index (κ2) is 24.3. The molecule has 0 bridgehead atoms. The van der Waals surface area contributed by atoms with Crippen LogP contribution in [0.1, 0.15) is 96.9 Å². The van der Waals surface area contributed by atoms with Crippen molar-refractivity contribution < 1.29 is 28.6 Å². The lowest BCUT2D eigenvalue weighted by molar-refractivity contribution is -0.138. The third-order valence-electron chi connectivity index (χ3n) is 14.4. The highest BCUT2D eigenvalue weighted by atomic mass is 32.1. The number of H-pyrrole nitrogens is 2. The van der Waals surface area contributed by atoms with E-state index in [0.717, 1.165) is 108 Å². The van der Waals surface area contributed by atoms with Crippen LogP contribution in [-0.4, -0.2) is 100 Å². The van der Waals surface area contributed by atoms with E-state index in [1.54, 1.807) is 0 Å². The molecule has 2 spiro atoms. The number of nitrogens with zero attached hydrogens (tertiary/aromatic N) is 4. The van der Waals surface area contributed by atoms with Crippen LogP contribution in [-0.2, 0) is 23.8 Å². The summed E-state index contributed by atoms with van der Waals surface area (Å²) in [5, 5.41) is 4.88. The quantitative estimate of drug-likeness (QED) is 0.132. The first-order valence-electron chi connectivity index (χ1n) is 22.6. The lowest BCUT2D eigenvalue weighted by Crippen LogP contribution is -2.51. The summed E-state index contributed by atoms with van der Waals surface area (Å²) in [6, 6.07) is 18.0. The van der Waals surface area contributed by atoms with Crippen molar-refractivity contribution >= 4 is 121 Å². The average Bonchev–Trinajstić information content (AvgIpc) is 4.10. The molecule has 3 N–H and O–H groups in total. The largest absolute Gasteiger partial charge is 0.453 e. The van der Waals surface area contributed by atoms with Crippen molar-refractivity contribution in [2.75, 3.05) is 46.6 Å². The fraction of sp³-hybridized carbons (Fsp3) is 0.531. The van der Waals surface area contributed by atoms with Gasteiger partial charge in [0.1, 0.15) is 17.7 Å². The van der Waals surface area contributed by atoms with Crippen LogP contribution in [0.15, 0.2) is 60.8 Å². The number of carbonyl (C=O) groups is 3. The molecule has 6 atom stereocenters. The summed E-state index contributed by atoms with van der Waals surface area (Å²) in [5.41, 5.74) is 5.71. The first-order chi connectivity index (χ1) is 29.9. The number of imidazole rings is 2. The van der Waals surface area contributed by atoms with E-state index in [2.05, 4.69) is 88.6 Å². The Bertz CT molecular complexity index is 2470. The van der Waals surface area contributed by atoms with Gasteiger partial charge in [-0.1, -0.05) is 77.1 Å². The van der Waals surface area contributed by atoms with E-state index in [1.807, 2.05) is 31.9 Å². The minimum Gasteiger partial charge on any atom is -0.453 e. The number of nitrogens with one attached hydrogen (secondary N) is 3. The van der Waals surface area contributed by atoms with Gasteiger partial charge in [0.2, 0.25) is 11.8 Å². The summed E-state index contributed by atoms with van der Waals surface area (Å²) >= 11 is 0. The molecule has 2 aromatic heterocycles. The number of fused-ring (bicyclic) bond motifs is 3. The van der Waals surface area contributed by atoms with Crippen LogP contribution in [0.2, 0.25) is 0 Å². The summed E-state index contributed by atoms with van der Waals surface area (Å²) in [6.45, 7) is 14.2. The molecule has 13 nitrogen and oxygen atoms in total. The molecule has 4 aliphatic heterocycles. The number of hydrogen-bond acceptors (Lipinski definition) is 8. The minimum absolute atomic E-state index is 0. The molecule has 3 aromatic carbocycles. The Kier molecular flexibility index (Phi) is 21.1. The van der Waals surface area contributed by atoms with Gasteiger partial charge in [0.15, 0.2) is 0 Å². The summed E-state index contributed by atoms with van der Waals surface area (Å²) in [7, 11) is 1.31. The van der Waals surface area contributed by atoms with E-state index in [1.165, 1.54) is 7.11 Å². The molecule has 0 radical (unpaired) electrons. The normalized spacial score (nSPS) is 22.9. The highest BCUT2D eigenvalue weighted by Gasteiger charge is 2.51. The predicted molar refractivity (Wildman–Crippen MR) is 300 cm³/mol. The van der Waals surface area contributed by atoms with Crippen molar-refractivity contribution in [3.63, 3.8) is 0 Å². The molecule has 68 heavy (non-hydrogen) atoms. The highest BCUT2D eigenvalue weighted by molar-refractivity contribution is 7.60. The first-order valence-corrected chi connectivity index (χ1v) is 22.6. The maximum atomic E-state index is 14.3. The third-order valence-corrected chi connectivity index (χ3v) is 14.4. The van der Waals surface area contributed by atoms with E-state index in [-0.39, 0.29) is 133 Å². The molecule has 5 aromatic rings. The molecule has 19 heteroatoms. The van der Waals surface area contributed by atoms with Crippen LogP contribution >= 0.6 is 81.0 Å². The average molecular weight is 1050 g/mol. The number of rotatable bonds is 9. The summed E-state index contributed by atoms with van der Waals surface area (Å²) in [6.07, 6.45) is 6.86. The number of amides is 3. The number of alkyl carbamates (subject to hydrolysis) is 1. The standard InChI is InChI=1S/C49H61N7O6.6H2S/c1-29(2)31(5)45(57)55-25-48(17-7-19-61-27-48)22-39(55)43-50-24-38(52-43)33-11-9-32(10-12-33)34-13-15-36-35(21-34)14-16-37-42(36)53-44(51-37)40-23-49(18-8-20-62-28-49)26-56(40)46(58)41(30(3)4)54-47(59)60-6;;;;;;/h9-16,21,24,29-31,39-41H,7-8,17-20,22-23,25-28H2,1-6H3,(H,50,52)(H,51,53)(H,54,59);6*1H2/t31-,39-,40-,41-,48-,49-;;;;;;/m0....../s1. The van der Waals surface area contributed by atoms with Gasteiger partial charge in [-0.25, -0.2) is 14.8 Å². The van der Waals surface area contributed by atoms with Crippen molar-refractivity contribution in [2.24, 2.45) is 28.6 Å². The Morgan fingerprint density at radius 3 is 1.85 bits per heavy atom. The Morgan fingerprint density at radius 1 is 0.721 bits per heavy atom. The number of methoxy groups -OCH3 is 1. The van der Waals surface area contributed by atoms with Crippen LogP contribution < -0.4 is 5.32 Å². The molecule has 0 aliphatic carbocycles. The monoisotopic (exact) mass is 1050 g/mol. The number of aromatic amines is 2. The SMILES string of the molecule is COC(=O)N[C@H](C(=O)N1C[C@]2(CCCOC2)C[C@H]1c1nc2c(ccc3cc(-c4ccc(-c5cnc([C@@H]6C[C@@]7(CCCOC7)CN6C(=O)[C@@H](C)C(C)C)[nH]5)cc4)ccc32)[nH]1)C(C)C.S.S.S.S.S.S. The Labute approximate surface area is 442 Å². The van der Waals surface area contributed by atoms with Crippen molar-refractivity contribution in [3.8, 4) is 22.4 Å². The number of ether oxygens (including phenoxy) is 3. The van der Waals surface area contributed by atoms with Crippen LogP contribution in [0.25, 0.3) is 44.2 Å². The maximum Gasteiger partial charge on any atom is 0.407 e. The van der Waals surface area contributed by atoms with Crippen LogP contribution in [0.5, 0.6) is 0 Å². The molecule has 0 unspecified atom stereocenters. The van der Waals surface area contributed by atoms with Gasteiger partial charge in [-0.2, -0.15) is 81.0 Å². The number of benzene rings is 3. The Morgan fingerprint density at radius 2 is 1.29 bits per heavy atom. The summed E-state index contributed by atoms with van der Waals surface area (Å²) < 4.78 is 16.8. The zero-order valence-corrected chi connectivity index (χ0v) is 46.0. The molecule has 3 amide bonds. The first kappa shape index (κ1) is 59.1. The summed E-state index contributed by atoms with van der Waals surface area (Å²) in [5.74, 6) is 1.69. The maximum absolute atomic E-state index is 14.3. The van der Waals surface area contributed by atoms with Gasteiger partial charge in [-0.05, 0) is 84.6 Å². The Balaban J connectivity index is 0.00000204. The van der Waals surface area contributed by atoms with Crippen LogP contribution in [0.3, 0.4) is 0 Å². The molecule has 9 rings (SSSR count). The van der Waals surface area contributed by atoms with Crippen LogP contribution in [0.4, 0.5) is 4.79 Å². The minimum atomic E-state index is -0.734. The van der Waals surface area contributed by atoms with Gasteiger partial charge >= 0.3 is 6.09 Å². The smallest absolute Gasteiger partial charge is 0.407 e. The third kappa shape index (κ3) is 11.6. The van der Waals surface area contributed by atoms with Gasteiger partial charge in [0.05, 0.1) is 55.3 Å². The van der Waals surface area contributed by atoms with E-state index >= 15 is 0 Å². The number of likely N-dealkylation sites (tertiary alicyclic amines) is 2. The van der Waals surface area contributed by atoms with E-state index in [9.17, 15) is 14.4 Å². The summed E-state index contributed by atoms with van der Waals surface area (Å²) in [4.78, 5) is 61.7. The second-order valence-electron chi connectivity index (χ2n) is 19.4. The number of aromatic nitrogens is 4. The lowest BCUT2D eigenvalue weighted by Gasteiger charge is -2.33. The Hall–Kier alpha value is -3.17. The molecule has 376 valence electrons. The predicted octanol–water partition coefficient (Wildman–Crippen LogP) is 9.26. The van der Waals surface area contributed by atoms with Gasteiger partial charge in [0.25, 0.3) is 0 Å². The number of carbonyl (C=O) groups excluding carboxylic acids is 3. The molecule has 0 saturated carbocycles. The second-order valence-corrected chi connectivity index (χ2v) is 19.4. The van der Waals surface area contributed by atoms with Gasteiger partial charge in [-0.3, -0.25) is 9.59 Å². The van der Waals surface area contributed by atoms with Gasteiger partial charge < -0.3 is 39.3 Å². The van der Waals surface area contributed by atoms with E-state index in [0.29, 0.717) is 26.3 Å². The van der Waals surface area contributed by atoms with E-state index in [4.69, 9.17) is 24.2 Å². The molecule has 6 heterocycles. The molecule has 4 aliphatic rings. The van der Waals surface area contributed by atoms with Crippen molar-refractivity contribution in [1.82, 2.24) is 35.1 Å². The van der Waals surface area contributed by atoms with E-state index < -0.39 is 12.1 Å². The topological polar surface area (TPSA) is 155 Å². The number of hydrogen-bond donors (Lipinski definition) is 3. The van der Waals surface area contributed by atoms with Crippen LogP contribution in [0, 0.1) is 28.6 Å². The molecular weight excluding hydrogens is 975 g/mol. The zero-order valence-electron chi connectivity index (χ0n) is 40.0. The zero-order chi connectivity index (χ0) is 43.3. The fourth-order valence-electron chi connectivity index (χ4n) is 10.5. The van der Waals surface area contributed by atoms with Crippen molar-refractivity contribution in [1.29, 1.82) is 0 Å². The molecular formula is C49H73N7O6S6. The lowest BCUT2D eigenvalue weighted by atomic mass is 9.80.